The highest BCUT2D eigenvalue weighted by molar-refractivity contribution is 7.09. The normalized spacial score (nSPS) is 12.3. The molecule has 1 amide bonds. The van der Waals surface area contributed by atoms with E-state index >= 15 is 0 Å². The molecule has 0 bridgehead atoms. The maximum absolute atomic E-state index is 12.8. The lowest BCUT2D eigenvalue weighted by molar-refractivity contribution is -0.123. The number of amides is 1. The van der Waals surface area contributed by atoms with Gasteiger partial charge < -0.3 is 9.88 Å². The standard InChI is InChI=1S/C20H23N3OS/c1-15(2)17-14-25-18(22-17)10-11-21-20(24)19(23-12-6-7-13-23)16-8-4-3-5-9-16/h3-9,12-15,19H,10-11H2,1-2H3,(H,21,24)/t19-/m1/s1. The summed E-state index contributed by atoms with van der Waals surface area (Å²) < 4.78 is 1.94. The number of nitrogens with one attached hydrogen (secondary N) is 1. The molecule has 0 unspecified atom stereocenters. The van der Waals surface area contributed by atoms with Gasteiger partial charge in [-0.15, -0.1) is 11.3 Å². The van der Waals surface area contributed by atoms with Crippen LogP contribution in [0.2, 0.25) is 0 Å². The van der Waals surface area contributed by atoms with Crippen molar-refractivity contribution in [1.82, 2.24) is 14.9 Å². The van der Waals surface area contributed by atoms with Crippen LogP contribution >= 0.6 is 11.3 Å². The van der Waals surface area contributed by atoms with Crippen LogP contribution in [0, 0.1) is 0 Å². The molecule has 3 rings (SSSR count). The third kappa shape index (κ3) is 4.37. The zero-order chi connectivity index (χ0) is 17.6. The molecule has 0 saturated carbocycles. The third-order valence-corrected chi connectivity index (χ3v) is 5.02. The van der Waals surface area contributed by atoms with E-state index in [1.165, 1.54) is 0 Å². The molecular formula is C20H23N3OS. The van der Waals surface area contributed by atoms with Crippen molar-refractivity contribution in [3.05, 3.63) is 76.5 Å². The monoisotopic (exact) mass is 353 g/mol. The molecule has 1 atom stereocenters. The van der Waals surface area contributed by atoms with Crippen molar-refractivity contribution in [1.29, 1.82) is 0 Å². The summed E-state index contributed by atoms with van der Waals surface area (Å²) in [6.45, 7) is 4.87. The zero-order valence-corrected chi connectivity index (χ0v) is 15.4. The molecule has 0 aliphatic heterocycles. The second kappa shape index (κ2) is 8.12. The van der Waals surface area contributed by atoms with Gasteiger partial charge in [-0.25, -0.2) is 4.98 Å². The summed E-state index contributed by atoms with van der Waals surface area (Å²) in [7, 11) is 0. The molecule has 3 aromatic rings. The van der Waals surface area contributed by atoms with Gasteiger partial charge in [0.1, 0.15) is 6.04 Å². The number of hydrogen-bond donors (Lipinski definition) is 1. The Bertz CT molecular complexity index is 793. The Balaban J connectivity index is 1.65. The second-order valence-corrected chi connectivity index (χ2v) is 7.25. The van der Waals surface area contributed by atoms with Gasteiger partial charge in [0, 0.05) is 30.7 Å². The number of carbonyl (C=O) groups excluding carboxylic acids is 1. The molecule has 0 spiro atoms. The number of carbonyl (C=O) groups is 1. The number of thiazole rings is 1. The Morgan fingerprint density at radius 3 is 2.52 bits per heavy atom. The fourth-order valence-electron chi connectivity index (χ4n) is 2.71. The highest BCUT2D eigenvalue weighted by Gasteiger charge is 2.21. The highest BCUT2D eigenvalue weighted by atomic mass is 32.1. The van der Waals surface area contributed by atoms with Crippen LogP contribution in [-0.2, 0) is 11.2 Å². The van der Waals surface area contributed by atoms with Crippen LogP contribution < -0.4 is 5.32 Å². The first kappa shape index (κ1) is 17.4. The van der Waals surface area contributed by atoms with Crippen molar-refractivity contribution in [3.63, 3.8) is 0 Å². The first-order valence-corrected chi connectivity index (χ1v) is 9.42. The van der Waals surface area contributed by atoms with Crippen LogP contribution in [0.1, 0.15) is 42.1 Å². The summed E-state index contributed by atoms with van der Waals surface area (Å²) in [5, 5.41) is 6.24. The van der Waals surface area contributed by atoms with E-state index in [0.29, 0.717) is 12.5 Å². The molecule has 0 aliphatic rings. The summed E-state index contributed by atoms with van der Waals surface area (Å²) in [5.74, 6) is 0.443. The van der Waals surface area contributed by atoms with Crippen LogP contribution in [0.25, 0.3) is 0 Å². The molecule has 1 N–H and O–H groups in total. The number of rotatable bonds is 7. The lowest BCUT2D eigenvalue weighted by Crippen LogP contribution is -2.34. The van der Waals surface area contributed by atoms with Crippen molar-refractivity contribution in [2.75, 3.05) is 6.54 Å². The average molecular weight is 353 g/mol. The zero-order valence-electron chi connectivity index (χ0n) is 14.6. The summed E-state index contributed by atoms with van der Waals surface area (Å²) in [4.78, 5) is 17.4. The minimum atomic E-state index is -0.348. The van der Waals surface area contributed by atoms with Crippen LogP contribution in [0.5, 0.6) is 0 Å². The number of hydrogen-bond acceptors (Lipinski definition) is 3. The second-order valence-electron chi connectivity index (χ2n) is 6.31. The molecule has 0 fully saturated rings. The molecule has 130 valence electrons. The van der Waals surface area contributed by atoms with E-state index in [9.17, 15) is 4.79 Å². The van der Waals surface area contributed by atoms with E-state index in [-0.39, 0.29) is 11.9 Å². The van der Waals surface area contributed by atoms with Crippen molar-refractivity contribution in [2.45, 2.75) is 32.2 Å². The molecule has 1 aromatic carbocycles. The van der Waals surface area contributed by atoms with Gasteiger partial charge in [0.15, 0.2) is 0 Å². The lowest BCUT2D eigenvalue weighted by atomic mass is 10.1. The van der Waals surface area contributed by atoms with E-state index in [4.69, 9.17) is 0 Å². The first-order chi connectivity index (χ1) is 12.1. The van der Waals surface area contributed by atoms with E-state index in [1.54, 1.807) is 11.3 Å². The van der Waals surface area contributed by atoms with Crippen LogP contribution in [0.15, 0.2) is 60.2 Å². The molecule has 2 aromatic heterocycles. The largest absolute Gasteiger partial charge is 0.354 e. The quantitative estimate of drug-likeness (QED) is 0.697. The maximum Gasteiger partial charge on any atom is 0.247 e. The number of nitrogens with zero attached hydrogens (tertiary/aromatic N) is 2. The Hall–Kier alpha value is -2.40. The van der Waals surface area contributed by atoms with Gasteiger partial charge in [0.2, 0.25) is 5.91 Å². The average Bonchev–Trinajstić information content (AvgIpc) is 3.28. The molecule has 0 aliphatic carbocycles. The first-order valence-electron chi connectivity index (χ1n) is 8.54. The molecule has 0 radical (unpaired) electrons. The van der Waals surface area contributed by atoms with Crippen LogP contribution in [0.3, 0.4) is 0 Å². The molecule has 25 heavy (non-hydrogen) atoms. The predicted molar refractivity (Wildman–Crippen MR) is 102 cm³/mol. The summed E-state index contributed by atoms with van der Waals surface area (Å²) in [6, 6.07) is 13.4. The van der Waals surface area contributed by atoms with Crippen LogP contribution in [-0.4, -0.2) is 22.0 Å². The van der Waals surface area contributed by atoms with E-state index in [2.05, 4.69) is 29.5 Å². The predicted octanol–water partition coefficient (Wildman–Crippen LogP) is 4.02. The molecule has 4 nitrogen and oxygen atoms in total. The number of benzene rings is 1. The van der Waals surface area contributed by atoms with Gasteiger partial charge in [0.05, 0.1) is 10.7 Å². The van der Waals surface area contributed by atoms with Gasteiger partial charge in [-0.05, 0) is 23.6 Å². The highest BCUT2D eigenvalue weighted by Crippen LogP contribution is 2.20. The molecular weight excluding hydrogens is 330 g/mol. The third-order valence-electron chi connectivity index (χ3n) is 4.09. The minimum Gasteiger partial charge on any atom is -0.354 e. The van der Waals surface area contributed by atoms with Crippen molar-refractivity contribution >= 4 is 17.2 Å². The minimum absolute atomic E-state index is 0.00281. The van der Waals surface area contributed by atoms with Crippen LogP contribution in [0.4, 0.5) is 0 Å². The van der Waals surface area contributed by atoms with Gasteiger partial charge in [-0.2, -0.15) is 0 Å². The SMILES string of the molecule is CC(C)c1csc(CCNC(=O)[C@@H](c2ccccc2)n2cccc2)n1. The van der Waals surface area contributed by atoms with Gasteiger partial charge in [-0.1, -0.05) is 44.2 Å². The van der Waals surface area contributed by atoms with Gasteiger partial charge in [0.25, 0.3) is 0 Å². The summed E-state index contributed by atoms with van der Waals surface area (Å²) in [5.41, 5.74) is 2.10. The molecule has 0 saturated heterocycles. The number of aromatic nitrogens is 2. The van der Waals surface area contributed by atoms with Gasteiger partial charge in [-0.3, -0.25) is 4.79 Å². The van der Waals surface area contributed by atoms with Crippen molar-refractivity contribution in [2.24, 2.45) is 0 Å². The van der Waals surface area contributed by atoms with E-state index in [1.807, 2.05) is 59.4 Å². The fraction of sp³-hybridized carbons (Fsp3) is 0.300. The van der Waals surface area contributed by atoms with Crippen molar-refractivity contribution < 1.29 is 4.79 Å². The van der Waals surface area contributed by atoms with E-state index in [0.717, 1.165) is 22.7 Å². The fourth-order valence-corrected chi connectivity index (χ4v) is 3.67. The molecule has 5 heteroatoms. The van der Waals surface area contributed by atoms with E-state index < -0.39 is 0 Å². The summed E-state index contributed by atoms with van der Waals surface area (Å²) in [6.07, 6.45) is 4.61. The smallest absolute Gasteiger partial charge is 0.247 e. The maximum atomic E-state index is 12.8. The van der Waals surface area contributed by atoms with Crippen molar-refractivity contribution in [3.8, 4) is 0 Å². The Morgan fingerprint density at radius 1 is 1.16 bits per heavy atom. The summed E-state index contributed by atoms with van der Waals surface area (Å²) >= 11 is 1.66. The van der Waals surface area contributed by atoms with Gasteiger partial charge >= 0.3 is 0 Å². The Kier molecular flexibility index (Phi) is 5.66. The Labute approximate surface area is 152 Å². The Morgan fingerprint density at radius 2 is 1.88 bits per heavy atom. The topological polar surface area (TPSA) is 46.9 Å². The molecule has 2 heterocycles. The lowest BCUT2D eigenvalue weighted by Gasteiger charge is -2.19.